The third-order valence-corrected chi connectivity index (χ3v) is 6.95. The van der Waals surface area contributed by atoms with Crippen LogP contribution in [0.3, 0.4) is 0 Å². The van der Waals surface area contributed by atoms with E-state index in [-0.39, 0.29) is 11.5 Å². The van der Waals surface area contributed by atoms with Gasteiger partial charge in [0.1, 0.15) is 0 Å². The predicted molar refractivity (Wildman–Crippen MR) is 134 cm³/mol. The average molecular weight is 460 g/mol. The third kappa shape index (κ3) is 4.07. The van der Waals surface area contributed by atoms with Crippen molar-refractivity contribution in [3.05, 3.63) is 53.9 Å². The molecule has 1 aliphatic rings. The summed E-state index contributed by atoms with van der Waals surface area (Å²) in [5.41, 5.74) is 6.16. The molecule has 4 aromatic heterocycles. The molecular formula is C26H33N7O. The summed E-state index contributed by atoms with van der Waals surface area (Å²) < 4.78 is 2.29. The predicted octanol–water partition coefficient (Wildman–Crippen LogP) is 4.29. The van der Waals surface area contributed by atoms with E-state index in [9.17, 15) is 5.11 Å². The number of aliphatic hydroxyl groups excluding tert-OH is 1. The second-order valence-corrected chi connectivity index (χ2v) is 10.4. The van der Waals surface area contributed by atoms with E-state index >= 15 is 0 Å². The Kier molecular flexibility index (Phi) is 5.64. The molecule has 5 rings (SSSR count). The molecule has 34 heavy (non-hydrogen) atoms. The fourth-order valence-corrected chi connectivity index (χ4v) is 4.86. The van der Waals surface area contributed by atoms with Crippen LogP contribution in [0, 0.1) is 12.3 Å². The molecule has 0 spiro atoms. The molecule has 4 aromatic rings. The summed E-state index contributed by atoms with van der Waals surface area (Å²) in [7, 11) is 0. The molecule has 0 bridgehead atoms. The molecule has 0 saturated carbocycles. The SMILES string of the molecule is Cc1cn[nH]c1-c1cn(C(C)C)c2cc(Cc3ccnc(N4CCC(O)C(C)(C)C4)n3)ncc12. The van der Waals surface area contributed by atoms with Crippen LogP contribution in [-0.4, -0.2) is 54.0 Å². The van der Waals surface area contributed by atoms with Crippen LogP contribution < -0.4 is 4.90 Å². The molecule has 0 amide bonds. The highest BCUT2D eigenvalue weighted by atomic mass is 16.3. The number of piperidine rings is 1. The lowest BCUT2D eigenvalue weighted by Crippen LogP contribution is -2.49. The number of hydrogen-bond donors (Lipinski definition) is 2. The summed E-state index contributed by atoms with van der Waals surface area (Å²) in [5.74, 6) is 0.723. The van der Waals surface area contributed by atoms with E-state index in [2.05, 4.69) is 71.5 Å². The van der Waals surface area contributed by atoms with Crippen LogP contribution in [-0.2, 0) is 6.42 Å². The Morgan fingerprint density at radius 1 is 1.21 bits per heavy atom. The second kappa shape index (κ2) is 8.51. The van der Waals surface area contributed by atoms with Gasteiger partial charge >= 0.3 is 0 Å². The van der Waals surface area contributed by atoms with E-state index in [0.717, 1.165) is 64.6 Å². The summed E-state index contributed by atoms with van der Waals surface area (Å²) in [6.07, 6.45) is 8.90. The van der Waals surface area contributed by atoms with Gasteiger partial charge in [0.15, 0.2) is 0 Å². The van der Waals surface area contributed by atoms with Crippen LogP contribution >= 0.6 is 0 Å². The zero-order valence-electron chi connectivity index (χ0n) is 20.6. The Labute approximate surface area is 200 Å². The normalized spacial score (nSPS) is 18.2. The highest BCUT2D eigenvalue weighted by Gasteiger charge is 2.35. The summed E-state index contributed by atoms with van der Waals surface area (Å²) in [6.45, 7) is 12.1. The van der Waals surface area contributed by atoms with E-state index in [1.807, 2.05) is 24.7 Å². The maximum Gasteiger partial charge on any atom is 0.225 e. The second-order valence-electron chi connectivity index (χ2n) is 10.4. The first-order valence-electron chi connectivity index (χ1n) is 12.0. The molecule has 0 aromatic carbocycles. The molecule has 8 nitrogen and oxygen atoms in total. The van der Waals surface area contributed by atoms with Gasteiger partial charge in [0, 0.05) is 66.2 Å². The maximum atomic E-state index is 10.3. The average Bonchev–Trinajstić information content (AvgIpc) is 3.38. The fraction of sp³-hybridized carbons (Fsp3) is 0.462. The van der Waals surface area contributed by atoms with Crippen molar-refractivity contribution in [2.45, 2.75) is 59.6 Å². The molecule has 0 radical (unpaired) electrons. The Bertz CT molecular complexity index is 1320. The number of aliphatic hydroxyl groups is 1. The lowest BCUT2D eigenvalue weighted by molar-refractivity contribution is 0.0332. The Balaban J connectivity index is 1.45. The van der Waals surface area contributed by atoms with Gasteiger partial charge in [-0.15, -0.1) is 0 Å². The lowest BCUT2D eigenvalue weighted by Gasteiger charge is -2.41. The lowest BCUT2D eigenvalue weighted by atomic mass is 9.81. The van der Waals surface area contributed by atoms with Crippen molar-refractivity contribution in [1.29, 1.82) is 0 Å². The van der Waals surface area contributed by atoms with Gasteiger partial charge in [-0.1, -0.05) is 13.8 Å². The number of aryl methyl sites for hydroxylation is 1. The zero-order chi connectivity index (χ0) is 24.0. The summed E-state index contributed by atoms with van der Waals surface area (Å²) in [6, 6.07) is 4.45. The van der Waals surface area contributed by atoms with Gasteiger partial charge in [-0.3, -0.25) is 10.1 Å². The molecule has 1 aliphatic heterocycles. The minimum atomic E-state index is -0.296. The first-order valence-corrected chi connectivity index (χ1v) is 12.0. The van der Waals surface area contributed by atoms with E-state index in [0.29, 0.717) is 12.5 Å². The molecule has 1 unspecified atom stereocenters. The molecule has 1 saturated heterocycles. The van der Waals surface area contributed by atoms with Gasteiger partial charge in [-0.05, 0) is 44.9 Å². The standard InChI is InChI=1S/C26H33N7O/c1-16(2)33-14-21(24-17(3)12-29-31-24)20-13-28-19(11-22(20)33)10-18-6-8-27-25(30-18)32-9-7-23(34)26(4,5)15-32/h6,8,11-14,16,23,34H,7,9-10,15H2,1-5H3,(H,29,31). The van der Waals surface area contributed by atoms with Gasteiger partial charge in [0.05, 0.1) is 29.2 Å². The number of aromatic amines is 1. The molecular weight excluding hydrogens is 426 g/mol. The molecule has 2 N–H and O–H groups in total. The van der Waals surface area contributed by atoms with Crippen molar-refractivity contribution in [3.63, 3.8) is 0 Å². The van der Waals surface area contributed by atoms with Gasteiger partial charge in [0.2, 0.25) is 5.95 Å². The van der Waals surface area contributed by atoms with Crippen molar-refractivity contribution < 1.29 is 5.11 Å². The molecule has 0 aliphatic carbocycles. The minimum Gasteiger partial charge on any atom is -0.392 e. The van der Waals surface area contributed by atoms with E-state index in [1.54, 1.807) is 0 Å². The third-order valence-electron chi connectivity index (χ3n) is 6.95. The van der Waals surface area contributed by atoms with E-state index in [1.165, 1.54) is 0 Å². The molecule has 1 atom stereocenters. The number of fused-ring (bicyclic) bond motifs is 1. The number of nitrogens with zero attached hydrogens (tertiary/aromatic N) is 6. The Morgan fingerprint density at radius 2 is 2.03 bits per heavy atom. The highest BCUT2D eigenvalue weighted by molar-refractivity contribution is 5.95. The molecule has 8 heteroatoms. The summed E-state index contributed by atoms with van der Waals surface area (Å²) in [4.78, 5) is 16.3. The number of H-pyrrole nitrogens is 1. The van der Waals surface area contributed by atoms with Crippen LogP contribution in [0.2, 0.25) is 0 Å². The first kappa shape index (κ1) is 22.5. The van der Waals surface area contributed by atoms with Gasteiger partial charge in [-0.2, -0.15) is 5.10 Å². The van der Waals surface area contributed by atoms with Gasteiger partial charge < -0.3 is 14.6 Å². The van der Waals surface area contributed by atoms with Crippen molar-refractivity contribution in [2.75, 3.05) is 18.0 Å². The van der Waals surface area contributed by atoms with Crippen LogP contribution in [0.15, 0.2) is 36.9 Å². The number of aromatic nitrogens is 6. The number of hydrogen-bond acceptors (Lipinski definition) is 6. The van der Waals surface area contributed by atoms with E-state index < -0.39 is 0 Å². The van der Waals surface area contributed by atoms with Gasteiger partial charge in [-0.25, -0.2) is 9.97 Å². The molecule has 1 fully saturated rings. The molecule has 178 valence electrons. The van der Waals surface area contributed by atoms with Crippen molar-refractivity contribution in [2.24, 2.45) is 5.41 Å². The highest BCUT2D eigenvalue weighted by Crippen LogP contribution is 2.34. The minimum absolute atomic E-state index is 0.183. The Hall–Kier alpha value is -3.26. The van der Waals surface area contributed by atoms with Crippen LogP contribution in [0.4, 0.5) is 5.95 Å². The number of anilines is 1. The maximum absolute atomic E-state index is 10.3. The largest absolute Gasteiger partial charge is 0.392 e. The van der Waals surface area contributed by atoms with Crippen LogP contribution in [0.1, 0.15) is 57.1 Å². The smallest absolute Gasteiger partial charge is 0.225 e. The summed E-state index contributed by atoms with van der Waals surface area (Å²) in [5, 5.41) is 18.7. The Morgan fingerprint density at radius 3 is 2.74 bits per heavy atom. The van der Waals surface area contributed by atoms with Gasteiger partial charge in [0.25, 0.3) is 0 Å². The van der Waals surface area contributed by atoms with Crippen LogP contribution in [0.25, 0.3) is 22.2 Å². The zero-order valence-corrected chi connectivity index (χ0v) is 20.6. The first-order chi connectivity index (χ1) is 16.2. The number of pyridine rings is 1. The fourth-order valence-electron chi connectivity index (χ4n) is 4.86. The van der Waals surface area contributed by atoms with Crippen molar-refractivity contribution in [1.82, 2.24) is 29.7 Å². The molecule has 5 heterocycles. The number of rotatable bonds is 5. The number of nitrogens with one attached hydrogen (secondary N) is 1. The van der Waals surface area contributed by atoms with Crippen molar-refractivity contribution in [3.8, 4) is 11.3 Å². The van der Waals surface area contributed by atoms with Crippen molar-refractivity contribution >= 4 is 16.9 Å². The summed E-state index contributed by atoms with van der Waals surface area (Å²) >= 11 is 0. The quantitative estimate of drug-likeness (QED) is 0.462. The monoisotopic (exact) mass is 459 g/mol. The topological polar surface area (TPSA) is 95.8 Å². The van der Waals surface area contributed by atoms with E-state index in [4.69, 9.17) is 9.97 Å². The van der Waals surface area contributed by atoms with Crippen LogP contribution in [0.5, 0.6) is 0 Å².